The van der Waals surface area contributed by atoms with Crippen molar-refractivity contribution < 1.29 is 17.5 Å². The maximum atomic E-state index is 14.1. The summed E-state index contributed by atoms with van der Waals surface area (Å²) in [6.07, 6.45) is 0. The SMILES string of the molecule is COc1cccc(CS(=O)(=O)c2cc(Cl)ccc2N)c1F. The quantitative estimate of drug-likeness (QED) is 0.875. The van der Waals surface area contributed by atoms with Gasteiger partial charge in [0.05, 0.1) is 23.4 Å². The van der Waals surface area contributed by atoms with Gasteiger partial charge in [-0.3, -0.25) is 0 Å². The lowest BCUT2D eigenvalue weighted by atomic mass is 10.2. The fourth-order valence-corrected chi connectivity index (χ4v) is 3.64. The normalized spacial score (nSPS) is 11.4. The van der Waals surface area contributed by atoms with Crippen LogP contribution >= 0.6 is 11.6 Å². The largest absolute Gasteiger partial charge is 0.494 e. The number of nitrogens with two attached hydrogens (primary N) is 1. The van der Waals surface area contributed by atoms with Crippen LogP contribution in [0.25, 0.3) is 0 Å². The number of sulfone groups is 1. The van der Waals surface area contributed by atoms with Crippen LogP contribution in [-0.4, -0.2) is 15.5 Å². The number of rotatable bonds is 4. The molecule has 2 rings (SSSR count). The van der Waals surface area contributed by atoms with Crippen molar-refractivity contribution in [3.63, 3.8) is 0 Å². The first-order valence-corrected chi connectivity index (χ1v) is 7.97. The lowest BCUT2D eigenvalue weighted by Gasteiger charge is -2.10. The second-order valence-electron chi connectivity index (χ2n) is 4.37. The van der Waals surface area contributed by atoms with Gasteiger partial charge in [-0.2, -0.15) is 0 Å². The molecule has 21 heavy (non-hydrogen) atoms. The molecule has 0 aliphatic carbocycles. The highest BCUT2D eigenvalue weighted by molar-refractivity contribution is 7.90. The molecule has 0 spiro atoms. The smallest absolute Gasteiger partial charge is 0.184 e. The number of ether oxygens (including phenoxy) is 1. The molecular weight excluding hydrogens is 317 g/mol. The Balaban J connectivity index is 2.45. The van der Waals surface area contributed by atoms with Gasteiger partial charge in [-0.25, -0.2) is 12.8 Å². The van der Waals surface area contributed by atoms with Crippen LogP contribution in [0.2, 0.25) is 5.02 Å². The van der Waals surface area contributed by atoms with E-state index in [4.69, 9.17) is 22.1 Å². The van der Waals surface area contributed by atoms with Gasteiger partial charge in [0.25, 0.3) is 0 Å². The van der Waals surface area contributed by atoms with Gasteiger partial charge >= 0.3 is 0 Å². The predicted molar refractivity (Wildman–Crippen MR) is 79.7 cm³/mol. The highest BCUT2D eigenvalue weighted by Crippen LogP contribution is 2.28. The molecule has 0 radical (unpaired) electrons. The molecule has 0 amide bonds. The van der Waals surface area contributed by atoms with E-state index in [0.717, 1.165) is 0 Å². The Labute approximate surface area is 127 Å². The Morgan fingerprint density at radius 2 is 2.00 bits per heavy atom. The van der Waals surface area contributed by atoms with E-state index in [-0.39, 0.29) is 26.9 Å². The standard InChI is InChI=1S/C14H13ClFNO3S/c1-20-12-4-2-3-9(14(12)16)8-21(18,19)13-7-10(15)5-6-11(13)17/h2-7H,8,17H2,1H3. The summed E-state index contributed by atoms with van der Waals surface area (Å²) < 4.78 is 43.6. The molecule has 0 heterocycles. The summed E-state index contributed by atoms with van der Waals surface area (Å²) in [6, 6.07) is 8.47. The zero-order chi connectivity index (χ0) is 15.6. The van der Waals surface area contributed by atoms with E-state index in [1.807, 2.05) is 0 Å². The van der Waals surface area contributed by atoms with Crippen LogP contribution in [0.3, 0.4) is 0 Å². The van der Waals surface area contributed by atoms with Crippen LogP contribution in [0, 0.1) is 5.82 Å². The number of hydrogen-bond acceptors (Lipinski definition) is 4. The highest BCUT2D eigenvalue weighted by Gasteiger charge is 2.22. The number of halogens is 2. The van der Waals surface area contributed by atoms with Crippen LogP contribution in [-0.2, 0) is 15.6 Å². The summed E-state index contributed by atoms with van der Waals surface area (Å²) in [5.74, 6) is -1.24. The summed E-state index contributed by atoms with van der Waals surface area (Å²) >= 11 is 5.79. The van der Waals surface area contributed by atoms with E-state index in [1.54, 1.807) is 0 Å². The number of anilines is 1. The summed E-state index contributed by atoms with van der Waals surface area (Å²) in [5, 5.41) is 0.244. The minimum Gasteiger partial charge on any atom is -0.494 e. The van der Waals surface area contributed by atoms with Crippen LogP contribution in [0.4, 0.5) is 10.1 Å². The van der Waals surface area contributed by atoms with Gasteiger partial charge in [0, 0.05) is 10.6 Å². The first-order valence-electron chi connectivity index (χ1n) is 5.94. The molecule has 0 saturated carbocycles. The molecule has 112 valence electrons. The average Bonchev–Trinajstić information content (AvgIpc) is 2.43. The van der Waals surface area contributed by atoms with E-state index in [9.17, 15) is 12.8 Å². The lowest BCUT2D eigenvalue weighted by Crippen LogP contribution is -2.09. The molecule has 0 saturated heterocycles. The summed E-state index contributed by atoms with van der Waals surface area (Å²) in [6.45, 7) is 0. The van der Waals surface area contributed by atoms with Crippen molar-refractivity contribution in [2.24, 2.45) is 0 Å². The molecule has 0 aliphatic rings. The predicted octanol–water partition coefficient (Wildman–Crippen LogP) is 3.04. The molecule has 0 fully saturated rings. The van der Waals surface area contributed by atoms with Crippen molar-refractivity contribution in [3.05, 3.63) is 52.8 Å². The first kappa shape index (κ1) is 15.6. The molecule has 2 aromatic rings. The maximum Gasteiger partial charge on any atom is 0.184 e. The molecule has 0 aromatic heterocycles. The van der Waals surface area contributed by atoms with Gasteiger partial charge in [-0.05, 0) is 24.3 Å². The fourth-order valence-electron chi connectivity index (χ4n) is 1.89. The van der Waals surface area contributed by atoms with Crippen molar-refractivity contribution in [3.8, 4) is 5.75 Å². The molecule has 0 atom stereocenters. The van der Waals surface area contributed by atoms with Gasteiger partial charge in [0.2, 0.25) is 0 Å². The van der Waals surface area contributed by atoms with E-state index in [1.165, 1.54) is 43.5 Å². The monoisotopic (exact) mass is 329 g/mol. The number of hydrogen-bond donors (Lipinski definition) is 1. The van der Waals surface area contributed by atoms with Gasteiger partial charge in [-0.15, -0.1) is 0 Å². The van der Waals surface area contributed by atoms with E-state index >= 15 is 0 Å². The van der Waals surface area contributed by atoms with Gasteiger partial charge in [-0.1, -0.05) is 23.7 Å². The first-order chi connectivity index (χ1) is 9.85. The fraction of sp³-hybridized carbons (Fsp3) is 0.143. The van der Waals surface area contributed by atoms with Crippen molar-refractivity contribution in [1.29, 1.82) is 0 Å². The van der Waals surface area contributed by atoms with Crippen LogP contribution in [0.1, 0.15) is 5.56 Å². The van der Waals surface area contributed by atoms with Crippen LogP contribution < -0.4 is 10.5 Å². The van der Waals surface area contributed by atoms with E-state index < -0.39 is 21.4 Å². The summed E-state index contributed by atoms with van der Waals surface area (Å²) in [7, 11) is -2.51. The number of benzene rings is 2. The maximum absolute atomic E-state index is 14.1. The third-order valence-electron chi connectivity index (χ3n) is 2.92. The average molecular weight is 330 g/mol. The Morgan fingerprint density at radius 3 is 2.67 bits per heavy atom. The van der Waals surface area contributed by atoms with Crippen LogP contribution in [0.5, 0.6) is 5.75 Å². The summed E-state index contributed by atoms with van der Waals surface area (Å²) in [4.78, 5) is -0.114. The van der Waals surface area contributed by atoms with Crippen molar-refractivity contribution in [2.45, 2.75) is 10.6 Å². The Hall–Kier alpha value is -1.79. The Kier molecular flexibility index (Phi) is 4.39. The van der Waals surface area contributed by atoms with Gasteiger partial charge < -0.3 is 10.5 Å². The zero-order valence-corrected chi connectivity index (χ0v) is 12.7. The zero-order valence-electron chi connectivity index (χ0n) is 11.1. The minimum absolute atomic E-state index is 0.00808. The highest BCUT2D eigenvalue weighted by atomic mass is 35.5. The molecule has 2 aromatic carbocycles. The second kappa shape index (κ2) is 5.91. The molecule has 0 bridgehead atoms. The topological polar surface area (TPSA) is 69.4 Å². The molecule has 2 N–H and O–H groups in total. The van der Waals surface area contributed by atoms with Crippen molar-refractivity contribution in [2.75, 3.05) is 12.8 Å². The lowest BCUT2D eigenvalue weighted by molar-refractivity contribution is 0.385. The van der Waals surface area contributed by atoms with E-state index in [2.05, 4.69) is 0 Å². The third-order valence-corrected chi connectivity index (χ3v) is 4.87. The molecule has 7 heteroatoms. The minimum atomic E-state index is -3.82. The third kappa shape index (κ3) is 3.28. The molecule has 4 nitrogen and oxygen atoms in total. The van der Waals surface area contributed by atoms with Crippen LogP contribution in [0.15, 0.2) is 41.3 Å². The Bertz CT molecular complexity index is 778. The summed E-state index contributed by atoms with van der Waals surface area (Å²) in [5.41, 5.74) is 5.75. The van der Waals surface area contributed by atoms with Crippen molar-refractivity contribution >= 4 is 27.1 Å². The second-order valence-corrected chi connectivity index (χ2v) is 6.77. The van der Waals surface area contributed by atoms with Crippen molar-refractivity contribution in [1.82, 2.24) is 0 Å². The number of nitrogen functional groups attached to an aromatic ring is 1. The van der Waals surface area contributed by atoms with Gasteiger partial charge in [0.1, 0.15) is 0 Å². The molecule has 0 unspecified atom stereocenters. The van der Waals surface area contributed by atoms with E-state index in [0.29, 0.717) is 0 Å². The molecular formula is C14H13ClFNO3S. The Morgan fingerprint density at radius 1 is 1.29 bits per heavy atom. The number of methoxy groups -OCH3 is 1. The molecule has 0 aliphatic heterocycles. The van der Waals surface area contributed by atoms with Gasteiger partial charge in [0.15, 0.2) is 21.4 Å².